The summed E-state index contributed by atoms with van der Waals surface area (Å²) in [5.41, 5.74) is 9.05. The molecule has 2 aromatic heterocycles. The van der Waals surface area contributed by atoms with Crippen LogP contribution in [-0.4, -0.2) is 17.1 Å². The molecule has 0 saturated carbocycles. The van der Waals surface area contributed by atoms with Gasteiger partial charge in [-0.1, -0.05) is 11.8 Å². The van der Waals surface area contributed by atoms with Crippen LogP contribution < -0.4 is 10.5 Å². The van der Waals surface area contributed by atoms with Crippen molar-refractivity contribution in [2.24, 2.45) is 0 Å². The van der Waals surface area contributed by atoms with E-state index in [1.54, 1.807) is 13.3 Å². The van der Waals surface area contributed by atoms with Crippen LogP contribution in [0, 0.1) is 36.5 Å². The summed E-state index contributed by atoms with van der Waals surface area (Å²) in [4.78, 5) is 8.57. The van der Waals surface area contributed by atoms with Crippen molar-refractivity contribution >= 4 is 17.6 Å². The quantitative estimate of drug-likeness (QED) is 0.861. The minimum Gasteiger partial charge on any atom is -0.496 e. The lowest BCUT2D eigenvalue weighted by atomic mass is 10.1. The number of thioether (sulfide) groups is 1. The van der Waals surface area contributed by atoms with Gasteiger partial charge in [0, 0.05) is 23.1 Å². The molecule has 6 nitrogen and oxygen atoms in total. The van der Waals surface area contributed by atoms with E-state index < -0.39 is 0 Å². The highest BCUT2D eigenvalue weighted by atomic mass is 32.2. The molecule has 0 unspecified atom stereocenters. The Labute approximate surface area is 138 Å². The molecular formula is C16H15N5OS. The Bertz CT molecular complexity index is 836. The topological polar surface area (TPSA) is 109 Å². The zero-order chi connectivity index (χ0) is 17.0. The number of anilines is 1. The van der Waals surface area contributed by atoms with Gasteiger partial charge in [-0.05, 0) is 19.9 Å². The van der Waals surface area contributed by atoms with E-state index in [0.717, 1.165) is 22.6 Å². The molecule has 0 aliphatic carbocycles. The monoisotopic (exact) mass is 325 g/mol. The van der Waals surface area contributed by atoms with Crippen LogP contribution in [0.25, 0.3) is 0 Å². The van der Waals surface area contributed by atoms with Gasteiger partial charge in [-0.15, -0.1) is 0 Å². The van der Waals surface area contributed by atoms with E-state index in [4.69, 9.17) is 15.7 Å². The molecule has 0 spiro atoms. The number of nitrogens with two attached hydrogens (primary N) is 1. The molecule has 2 rings (SSSR count). The maximum Gasteiger partial charge on any atom is 0.142 e. The third kappa shape index (κ3) is 3.36. The maximum absolute atomic E-state index is 9.21. The average molecular weight is 325 g/mol. The van der Waals surface area contributed by atoms with Crippen molar-refractivity contribution in [2.75, 3.05) is 12.8 Å². The molecule has 0 radical (unpaired) electrons. The third-order valence-corrected chi connectivity index (χ3v) is 4.36. The Morgan fingerprint density at radius 3 is 2.57 bits per heavy atom. The van der Waals surface area contributed by atoms with E-state index >= 15 is 0 Å². The van der Waals surface area contributed by atoms with Gasteiger partial charge in [0.05, 0.1) is 23.9 Å². The highest BCUT2D eigenvalue weighted by Crippen LogP contribution is 2.30. The van der Waals surface area contributed by atoms with Gasteiger partial charge < -0.3 is 10.5 Å². The third-order valence-electron chi connectivity index (χ3n) is 3.35. The summed E-state index contributed by atoms with van der Waals surface area (Å²) >= 11 is 1.36. The van der Waals surface area contributed by atoms with E-state index in [2.05, 4.69) is 9.97 Å². The molecule has 0 aromatic carbocycles. The van der Waals surface area contributed by atoms with Gasteiger partial charge in [-0.25, -0.2) is 4.98 Å². The second-order valence-corrected chi connectivity index (χ2v) is 5.80. The number of hydrogen-bond acceptors (Lipinski definition) is 7. The van der Waals surface area contributed by atoms with Crippen LogP contribution in [0.4, 0.5) is 5.82 Å². The molecule has 7 heteroatoms. The second kappa shape index (κ2) is 6.99. The Morgan fingerprint density at radius 1 is 1.26 bits per heavy atom. The number of nitrogens with zero attached hydrogens (tertiary/aromatic N) is 4. The summed E-state index contributed by atoms with van der Waals surface area (Å²) in [7, 11) is 1.63. The molecule has 0 atom stereocenters. The molecule has 0 saturated heterocycles. The van der Waals surface area contributed by atoms with Gasteiger partial charge in [0.15, 0.2) is 0 Å². The molecule has 0 bridgehead atoms. The molecule has 0 aliphatic rings. The molecule has 116 valence electrons. The van der Waals surface area contributed by atoms with Crippen LogP contribution in [0.5, 0.6) is 5.75 Å². The molecule has 23 heavy (non-hydrogen) atoms. The van der Waals surface area contributed by atoms with Gasteiger partial charge in [-0.3, -0.25) is 4.98 Å². The average Bonchev–Trinajstić information content (AvgIpc) is 2.54. The van der Waals surface area contributed by atoms with Crippen LogP contribution in [0.3, 0.4) is 0 Å². The van der Waals surface area contributed by atoms with Crippen molar-refractivity contribution in [3.8, 4) is 17.9 Å². The number of pyridine rings is 2. The predicted molar refractivity (Wildman–Crippen MR) is 87.9 cm³/mol. The molecule has 0 fully saturated rings. The Hall–Kier alpha value is -2.77. The van der Waals surface area contributed by atoms with E-state index in [-0.39, 0.29) is 11.4 Å². The van der Waals surface area contributed by atoms with Crippen LogP contribution in [0.2, 0.25) is 0 Å². The summed E-state index contributed by atoms with van der Waals surface area (Å²) in [5, 5.41) is 18.6. The van der Waals surface area contributed by atoms with E-state index in [0.29, 0.717) is 16.3 Å². The Morgan fingerprint density at radius 2 is 1.96 bits per heavy atom. The van der Waals surface area contributed by atoms with E-state index in [1.165, 1.54) is 17.8 Å². The van der Waals surface area contributed by atoms with Gasteiger partial charge in [0.2, 0.25) is 0 Å². The van der Waals surface area contributed by atoms with Crippen LogP contribution in [0.1, 0.15) is 27.9 Å². The minimum atomic E-state index is 0.125. The summed E-state index contributed by atoms with van der Waals surface area (Å²) in [6.45, 7) is 3.88. The van der Waals surface area contributed by atoms with Gasteiger partial charge in [0.25, 0.3) is 0 Å². The first-order valence-corrected chi connectivity index (χ1v) is 7.73. The van der Waals surface area contributed by atoms with Crippen molar-refractivity contribution in [3.63, 3.8) is 0 Å². The number of aromatic nitrogens is 2. The fraction of sp³-hybridized carbons (Fsp3) is 0.250. The SMILES string of the molecule is COc1c(C)cnc(CSc2nc(N)c(C#N)cc2C#N)c1C. The number of hydrogen-bond donors (Lipinski definition) is 1. The van der Waals surface area contributed by atoms with Gasteiger partial charge in [0.1, 0.15) is 28.7 Å². The Kier molecular flexibility index (Phi) is 5.05. The first kappa shape index (κ1) is 16.6. The highest BCUT2D eigenvalue weighted by molar-refractivity contribution is 7.98. The van der Waals surface area contributed by atoms with Crippen molar-refractivity contribution in [1.29, 1.82) is 10.5 Å². The molecule has 2 heterocycles. The van der Waals surface area contributed by atoms with Gasteiger partial charge >= 0.3 is 0 Å². The number of methoxy groups -OCH3 is 1. The number of ether oxygens (including phenoxy) is 1. The largest absolute Gasteiger partial charge is 0.496 e. The standard InChI is InChI=1S/C16H15N5OS/c1-9-7-20-13(10(2)14(9)22-3)8-23-16-12(6-18)4-11(5-17)15(19)21-16/h4,7H,8H2,1-3H3,(H2,19,21). The molecule has 2 aromatic rings. The predicted octanol–water partition coefficient (Wildman–Crippen LogP) is 2.72. The first-order chi connectivity index (χ1) is 11.0. The summed E-state index contributed by atoms with van der Waals surface area (Å²) < 4.78 is 5.39. The van der Waals surface area contributed by atoms with Crippen molar-refractivity contribution in [1.82, 2.24) is 9.97 Å². The lowest BCUT2D eigenvalue weighted by molar-refractivity contribution is 0.407. The number of nitrogen functional groups attached to an aromatic ring is 1. The highest BCUT2D eigenvalue weighted by Gasteiger charge is 2.13. The van der Waals surface area contributed by atoms with E-state index in [9.17, 15) is 5.26 Å². The zero-order valence-corrected chi connectivity index (χ0v) is 13.9. The summed E-state index contributed by atoms with van der Waals surface area (Å²) in [6.07, 6.45) is 1.76. The van der Waals surface area contributed by atoms with Crippen LogP contribution in [0.15, 0.2) is 17.3 Å². The fourth-order valence-corrected chi connectivity index (χ4v) is 3.13. The van der Waals surface area contributed by atoms with Crippen molar-refractivity contribution in [3.05, 3.63) is 40.2 Å². The maximum atomic E-state index is 9.21. The number of aryl methyl sites for hydroxylation is 1. The minimum absolute atomic E-state index is 0.125. The normalized spacial score (nSPS) is 9.96. The first-order valence-electron chi connectivity index (χ1n) is 6.74. The lowest BCUT2D eigenvalue weighted by Crippen LogP contribution is -2.01. The molecule has 2 N–H and O–H groups in total. The van der Waals surface area contributed by atoms with Crippen LogP contribution in [-0.2, 0) is 5.75 Å². The molecule has 0 amide bonds. The zero-order valence-electron chi connectivity index (χ0n) is 13.0. The fourth-order valence-electron chi connectivity index (χ4n) is 2.14. The summed E-state index contributed by atoms with van der Waals surface area (Å²) in [5.74, 6) is 1.46. The number of nitriles is 2. The van der Waals surface area contributed by atoms with Gasteiger partial charge in [-0.2, -0.15) is 10.5 Å². The van der Waals surface area contributed by atoms with Crippen molar-refractivity contribution in [2.45, 2.75) is 24.6 Å². The summed E-state index contributed by atoms with van der Waals surface area (Å²) in [6, 6.07) is 5.43. The number of rotatable bonds is 4. The van der Waals surface area contributed by atoms with E-state index in [1.807, 2.05) is 26.0 Å². The van der Waals surface area contributed by atoms with Crippen molar-refractivity contribution < 1.29 is 4.74 Å². The second-order valence-electron chi connectivity index (χ2n) is 4.83. The molecular weight excluding hydrogens is 310 g/mol. The smallest absolute Gasteiger partial charge is 0.142 e. The van der Waals surface area contributed by atoms with Crippen LogP contribution >= 0.6 is 11.8 Å². The lowest BCUT2D eigenvalue weighted by Gasteiger charge is -2.12. The Balaban J connectivity index is 2.31. The molecule has 0 aliphatic heterocycles.